The summed E-state index contributed by atoms with van der Waals surface area (Å²) in [6.45, 7) is 2.27. The van der Waals surface area contributed by atoms with Gasteiger partial charge in [-0.25, -0.2) is 12.8 Å². The SMILES string of the molecule is Cc1c(C(N)COCCO)cc(-c2ccc(S(C)(=O)=O)cc2)n1-c1ccc(F)cc1. The summed E-state index contributed by atoms with van der Waals surface area (Å²) in [5.41, 5.74) is 10.4. The predicted molar refractivity (Wildman–Crippen MR) is 114 cm³/mol. The van der Waals surface area contributed by atoms with Crippen molar-refractivity contribution < 1.29 is 22.7 Å². The zero-order valence-electron chi connectivity index (χ0n) is 16.9. The molecule has 2 aromatic carbocycles. The highest BCUT2D eigenvalue weighted by Crippen LogP contribution is 2.32. The first-order valence-electron chi connectivity index (χ1n) is 9.45. The van der Waals surface area contributed by atoms with Crippen molar-refractivity contribution in [1.29, 1.82) is 0 Å². The lowest BCUT2D eigenvalue weighted by Crippen LogP contribution is -2.19. The van der Waals surface area contributed by atoms with Crippen molar-refractivity contribution >= 4 is 9.84 Å². The second kappa shape index (κ2) is 9.09. The van der Waals surface area contributed by atoms with Crippen LogP contribution in [0.5, 0.6) is 0 Å². The topological polar surface area (TPSA) is 94.6 Å². The highest BCUT2D eigenvalue weighted by Gasteiger charge is 2.20. The number of sulfone groups is 1. The normalized spacial score (nSPS) is 12.8. The number of aliphatic hydroxyl groups is 1. The number of nitrogens with two attached hydrogens (primary N) is 1. The molecule has 3 rings (SSSR count). The van der Waals surface area contributed by atoms with Crippen molar-refractivity contribution in [2.75, 3.05) is 26.1 Å². The van der Waals surface area contributed by atoms with Gasteiger partial charge in [0.2, 0.25) is 0 Å². The fraction of sp³-hybridized carbons (Fsp3) is 0.273. The maximum atomic E-state index is 13.5. The van der Waals surface area contributed by atoms with Crippen LogP contribution in [0.2, 0.25) is 0 Å². The smallest absolute Gasteiger partial charge is 0.175 e. The minimum Gasteiger partial charge on any atom is -0.394 e. The van der Waals surface area contributed by atoms with E-state index >= 15 is 0 Å². The van der Waals surface area contributed by atoms with Crippen molar-refractivity contribution in [1.82, 2.24) is 4.57 Å². The summed E-state index contributed by atoms with van der Waals surface area (Å²) in [4.78, 5) is 0.234. The first kappa shape index (κ1) is 22.2. The van der Waals surface area contributed by atoms with E-state index in [1.54, 1.807) is 36.4 Å². The van der Waals surface area contributed by atoms with Gasteiger partial charge in [-0.3, -0.25) is 0 Å². The molecule has 3 aromatic rings. The molecule has 0 fully saturated rings. The lowest BCUT2D eigenvalue weighted by molar-refractivity contribution is 0.0831. The number of aromatic nitrogens is 1. The number of aliphatic hydroxyl groups excluding tert-OH is 1. The summed E-state index contributed by atoms with van der Waals surface area (Å²) in [6, 6.07) is 14.2. The Hall–Kier alpha value is -2.52. The van der Waals surface area contributed by atoms with Crippen LogP contribution in [0.25, 0.3) is 16.9 Å². The third-order valence-electron chi connectivity index (χ3n) is 4.88. The van der Waals surface area contributed by atoms with E-state index in [0.29, 0.717) is 0 Å². The second-order valence-corrected chi connectivity index (χ2v) is 9.10. The molecule has 0 aliphatic heterocycles. The molecule has 0 saturated heterocycles. The fourth-order valence-corrected chi connectivity index (χ4v) is 4.00. The Bertz CT molecular complexity index is 1110. The lowest BCUT2D eigenvalue weighted by atomic mass is 10.1. The molecule has 1 aromatic heterocycles. The third kappa shape index (κ3) is 4.79. The van der Waals surface area contributed by atoms with Crippen LogP contribution in [0.4, 0.5) is 4.39 Å². The molecule has 3 N–H and O–H groups in total. The van der Waals surface area contributed by atoms with E-state index in [4.69, 9.17) is 15.6 Å². The average Bonchev–Trinajstić information content (AvgIpc) is 3.05. The van der Waals surface area contributed by atoms with Gasteiger partial charge in [0.05, 0.1) is 36.5 Å². The Labute approximate surface area is 175 Å². The Balaban J connectivity index is 2.10. The number of halogens is 1. The maximum absolute atomic E-state index is 13.5. The Morgan fingerprint density at radius 3 is 2.33 bits per heavy atom. The number of hydrogen-bond acceptors (Lipinski definition) is 5. The highest BCUT2D eigenvalue weighted by molar-refractivity contribution is 7.90. The van der Waals surface area contributed by atoms with Crippen LogP contribution in [0.15, 0.2) is 59.5 Å². The van der Waals surface area contributed by atoms with E-state index in [2.05, 4.69) is 0 Å². The summed E-state index contributed by atoms with van der Waals surface area (Å²) < 4.78 is 44.4. The largest absolute Gasteiger partial charge is 0.394 e. The van der Waals surface area contributed by atoms with Crippen LogP contribution in [0.3, 0.4) is 0 Å². The maximum Gasteiger partial charge on any atom is 0.175 e. The molecule has 30 heavy (non-hydrogen) atoms. The van der Waals surface area contributed by atoms with E-state index < -0.39 is 15.9 Å². The summed E-state index contributed by atoms with van der Waals surface area (Å²) >= 11 is 0. The minimum atomic E-state index is -3.30. The van der Waals surface area contributed by atoms with Gasteiger partial charge < -0.3 is 20.1 Å². The summed E-state index contributed by atoms with van der Waals surface area (Å²) in [7, 11) is -3.30. The lowest BCUT2D eigenvalue weighted by Gasteiger charge is -2.14. The van der Waals surface area contributed by atoms with E-state index in [1.807, 2.05) is 17.6 Å². The van der Waals surface area contributed by atoms with Crippen molar-refractivity contribution in [3.8, 4) is 16.9 Å². The van der Waals surface area contributed by atoms with Gasteiger partial charge in [-0.1, -0.05) is 12.1 Å². The van der Waals surface area contributed by atoms with Gasteiger partial charge in [-0.05, 0) is 60.5 Å². The van der Waals surface area contributed by atoms with Crippen LogP contribution in [-0.4, -0.2) is 44.2 Å². The zero-order chi connectivity index (χ0) is 21.9. The number of hydrogen-bond donors (Lipinski definition) is 2. The standard InChI is InChI=1S/C22H25FN2O4S/c1-15-20(21(24)14-29-12-11-26)13-22(25(15)18-7-5-17(23)6-8-18)16-3-9-19(10-4-16)30(2,27)28/h3-10,13,21,26H,11-12,14,24H2,1-2H3. The molecule has 0 saturated carbocycles. The van der Waals surface area contributed by atoms with Gasteiger partial charge in [-0.2, -0.15) is 0 Å². The average molecular weight is 433 g/mol. The predicted octanol–water partition coefficient (Wildman–Crippen LogP) is 3.00. The van der Waals surface area contributed by atoms with Crippen LogP contribution in [0, 0.1) is 12.7 Å². The molecule has 0 radical (unpaired) electrons. The van der Waals surface area contributed by atoms with Gasteiger partial charge in [0.1, 0.15) is 5.82 Å². The number of rotatable bonds is 8. The number of ether oxygens (including phenoxy) is 1. The Kier molecular flexibility index (Phi) is 6.72. The first-order chi connectivity index (χ1) is 14.2. The molecule has 0 aliphatic carbocycles. The molecule has 0 bridgehead atoms. The van der Waals surface area contributed by atoms with E-state index in [9.17, 15) is 12.8 Å². The van der Waals surface area contributed by atoms with Crippen LogP contribution in [0.1, 0.15) is 17.3 Å². The Morgan fingerprint density at radius 1 is 1.13 bits per heavy atom. The molecule has 0 spiro atoms. The van der Waals surface area contributed by atoms with Gasteiger partial charge in [-0.15, -0.1) is 0 Å². The molecule has 6 nitrogen and oxygen atoms in total. The molecule has 1 unspecified atom stereocenters. The molecule has 8 heteroatoms. The van der Waals surface area contributed by atoms with Crippen molar-refractivity contribution in [2.45, 2.75) is 17.9 Å². The highest BCUT2D eigenvalue weighted by atomic mass is 32.2. The van der Waals surface area contributed by atoms with Crippen molar-refractivity contribution in [3.63, 3.8) is 0 Å². The molecule has 0 amide bonds. The van der Waals surface area contributed by atoms with Crippen molar-refractivity contribution in [3.05, 3.63) is 71.7 Å². The molecular formula is C22H25FN2O4S. The molecule has 160 valence electrons. The zero-order valence-corrected chi connectivity index (χ0v) is 17.7. The van der Waals surface area contributed by atoms with Gasteiger partial charge in [0.25, 0.3) is 0 Å². The number of benzene rings is 2. The summed E-state index contributed by atoms with van der Waals surface area (Å²) in [6.07, 6.45) is 1.16. The molecule has 1 atom stereocenters. The van der Waals surface area contributed by atoms with Gasteiger partial charge in [0.15, 0.2) is 9.84 Å². The van der Waals surface area contributed by atoms with Crippen molar-refractivity contribution in [2.24, 2.45) is 5.73 Å². The summed E-state index contributed by atoms with van der Waals surface area (Å²) in [5, 5.41) is 8.91. The monoisotopic (exact) mass is 432 g/mol. The van der Waals surface area contributed by atoms with E-state index in [0.717, 1.165) is 34.5 Å². The Morgan fingerprint density at radius 2 is 1.77 bits per heavy atom. The second-order valence-electron chi connectivity index (χ2n) is 7.08. The minimum absolute atomic E-state index is 0.0831. The van der Waals surface area contributed by atoms with Crippen LogP contribution in [-0.2, 0) is 14.6 Å². The van der Waals surface area contributed by atoms with Crippen LogP contribution >= 0.6 is 0 Å². The van der Waals surface area contributed by atoms with E-state index in [-0.39, 0.29) is 30.5 Å². The fourth-order valence-electron chi connectivity index (χ4n) is 3.37. The van der Waals surface area contributed by atoms with Gasteiger partial charge >= 0.3 is 0 Å². The third-order valence-corrected chi connectivity index (χ3v) is 6.01. The molecular weight excluding hydrogens is 407 g/mol. The number of nitrogens with zero attached hydrogens (tertiary/aromatic N) is 1. The quantitative estimate of drug-likeness (QED) is 0.534. The summed E-state index contributed by atoms with van der Waals surface area (Å²) in [5.74, 6) is -0.336. The molecule has 0 aliphatic rings. The van der Waals surface area contributed by atoms with Gasteiger partial charge in [0, 0.05) is 17.6 Å². The van der Waals surface area contributed by atoms with E-state index in [1.165, 1.54) is 12.1 Å². The van der Waals surface area contributed by atoms with Crippen LogP contribution < -0.4 is 5.73 Å². The molecule has 1 heterocycles. The first-order valence-corrected chi connectivity index (χ1v) is 11.3.